The molecule has 0 atom stereocenters. The van der Waals surface area contributed by atoms with Crippen molar-refractivity contribution in [1.82, 2.24) is 4.90 Å². The van der Waals surface area contributed by atoms with Crippen molar-refractivity contribution in [3.05, 3.63) is 60.7 Å². The Balaban J connectivity index is 2.15. The van der Waals surface area contributed by atoms with E-state index in [1.165, 1.54) is 11.0 Å². The summed E-state index contributed by atoms with van der Waals surface area (Å²) in [5, 5.41) is 11.0. The summed E-state index contributed by atoms with van der Waals surface area (Å²) in [4.78, 5) is 24.3. The van der Waals surface area contributed by atoms with Crippen LogP contribution in [0.1, 0.15) is 5.56 Å². The Labute approximate surface area is 123 Å². The van der Waals surface area contributed by atoms with E-state index in [1.807, 2.05) is 42.5 Å². The molecular formula is C17H17NO3. The van der Waals surface area contributed by atoms with Gasteiger partial charge in [-0.05, 0) is 16.3 Å². The molecule has 0 bridgehead atoms. The molecule has 0 aliphatic heterocycles. The van der Waals surface area contributed by atoms with E-state index < -0.39 is 5.97 Å². The summed E-state index contributed by atoms with van der Waals surface area (Å²) in [7, 11) is 0. The number of rotatable bonds is 6. The summed E-state index contributed by atoms with van der Waals surface area (Å²) in [5.41, 5.74) is 0.873. The zero-order valence-corrected chi connectivity index (χ0v) is 11.7. The summed E-state index contributed by atoms with van der Waals surface area (Å²) < 4.78 is 0. The summed E-state index contributed by atoms with van der Waals surface area (Å²) in [6, 6.07) is 13.7. The predicted molar refractivity (Wildman–Crippen MR) is 82.1 cm³/mol. The Bertz CT molecular complexity index is 679. The van der Waals surface area contributed by atoms with Gasteiger partial charge >= 0.3 is 5.97 Å². The van der Waals surface area contributed by atoms with Gasteiger partial charge in [0.1, 0.15) is 6.54 Å². The Kier molecular flexibility index (Phi) is 4.72. The smallest absolute Gasteiger partial charge is 0.323 e. The maximum atomic E-state index is 12.2. The number of fused-ring (bicyclic) bond motifs is 1. The summed E-state index contributed by atoms with van der Waals surface area (Å²) in [6.07, 6.45) is 1.72. The minimum Gasteiger partial charge on any atom is -0.480 e. The first kappa shape index (κ1) is 14.8. The van der Waals surface area contributed by atoms with Crippen LogP contribution >= 0.6 is 0 Å². The first-order chi connectivity index (χ1) is 10.1. The van der Waals surface area contributed by atoms with Crippen molar-refractivity contribution in [3.8, 4) is 0 Å². The second-order valence-corrected chi connectivity index (χ2v) is 4.81. The van der Waals surface area contributed by atoms with Crippen LogP contribution in [-0.2, 0) is 16.0 Å². The number of carbonyl (C=O) groups excluding carboxylic acids is 1. The van der Waals surface area contributed by atoms with Gasteiger partial charge in [0.05, 0.1) is 6.42 Å². The molecule has 0 aromatic heterocycles. The van der Waals surface area contributed by atoms with Crippen LogP contribution in [0.5, 0.6) is 0 Å². The number of amides is 1. The third kappa shape index (κ3) is 3.92. The van der Waals surface area contributed by atoms with Crippen LogP contribution < -0.4 is 0 Å². The zero-order valence-electron chi connectivity index (χ0n) is 11.7. The van der Waals surface area contributed by atoms with Crippen LogP contribution in [0, 0.1) is 0 Å². The molecular weight excluding hydrogens is 266 g/mol. The summed E-state index contributed by atoms with van der Waals surface area (Å²) in [5.74, 6) is -1.24. The monoisotopic (exact) mass is 283 g/mol. The van der Waals surface area contributed by atoms with E-state index >= 15 is 0 Å². The van der Waals surface area contributed by atoms with Crippen LogP contribution in [0.25, 0.3) is 10.8 Å². The second kappa shape index (κ2) is 6.70. The lowest BCUT2D eigenvalue weighted by Crippen LogP contribution is -2.36. The first-order valence-corrected chi connectivity index (χ1v) is 6.68. The van der Waals surface area contributed by atoms with Gasteiger partial charge in [-0.15, -0.1) is 6.58 Å². The van der Waals surface area contributed by atoms with Gasteiger partial charge < -0.3 is 10.0 Å². The Hall–Kier alpha value is -2.62. The average Bonchev–Trinajstić information content (AvgIpc) is 2.46. The highest BCUT2D eigenvalue weighted by molar-refractivity contribution is 5.86. The van der Waals surface area contributed by atoms with Gasteiger partial charge in [0.25, 0.3) is 0 Å². The lowest BCUT2D eigenvalue weighted by atomic mass is 10.0. The van der Waals surface area contributed by atoms with Gasteiger partial charge in [-0.25, -0.2) is 0 Å². The average molecular weight is 283 g/mol. The molecule has 0 fully saturated rings. The Morgan fingerprint density at radius 2 is 1.86 bits per heavy atom. The highest BCUT2D eigenvalue weighted by atomic mass is 16.4. The fourth-order valence-electron chi connectivity index (χ4n) is 2.21. The lowest BCUT2D eigenvalue weighted by molar-refractivity contribution is -0.143. The van der Waals surface area contributed by atoms with E-state index in [-0.39, 0.29) is 25.4 Å². The third-order valence-electron chi connectivity index (χ3n) is 3.20. The second-order valence-electron chi connectivity index (χ2n) is 4.81. The highest BCUT2D eigenvalue weighted by Crippen LogP contribution is 2.16. The predicted octanol–water partition coefficient (Wildman–Crippen LogP) is 2.48. The van der Waals surface area contributed by atoms with Crippen molar-refractivity contribution < 1.29 is 14.7 Å². The normalized spacial score (nSPS) is 10.3. The molecule has 4 nitrogen and oxygen atoms in total. The minimum atomic E-state index is -1.02. The maximum Gasteiger partial charge on any atom is 0.323 e. The van der Waals surface area contributed by atoms with Crippen LogP contribution in [0.15, 0.2) is 55.1 Å². The van der Waals surface area contributed by atoms with Crippen LogP contribution in [0.4, 0.5) is 0 Å². The number of hydrogen-bond acceptors (Lipinski definition) is 2. The molecule has 1 N–H and O–H groups in total. The summed E-state index contributed by atoms with van der Waals surface area (Å²) in [6.45, 7) is 3.48. The molecule has 0 spiro atoms. The van der Waals surface area contributed by atoms with Gasteiger partial charge in [-0.3, -0.25) is 9.59 Å². The molecule has 2 aromatic rings. The lowest BCUT2D eigenvalue weighted by Gasteiger charge is -2.18. The molecule has 21 heavy (non-hydrogen) atoms. The standard InChI is InChI=1S/C17H17NO3/c1-2-9-18(12-17(20)21)16(19)11-13-7-8-14-5-3-4-6-15(14)10-13/h2-8,10H,1,9,11-12H2,(H,20,21). The van der Waals surface area contributed by atoms with Crippen molar-refractivity contribution in [3.63, 3.8) is 0 Å². The molecule has 1 amide bonds. The van der Waals surface area contributed by atoms with Crippen molar-refractivity contribution in [2.75, 3.05) is 13.1 Å². The summed E-state index contributed by atoms with van der Waals surface area (Å²) >= 11 is 0. The van der Waals surface area contributed by atoms with Gasteiger partial charge in [0.2, 0.25) is 5.91 Å². The van der Waals surface area contributed by atoms with E-state index in [1.54, 1.807) is 0 Å². The number of nitrogens with zero attached hydrogens (tertiary/aromatic N) is 1. The van der Waals surface area contributed by atoms with Crippen molar-refractivity contribution >= 4 is 22.6 Å². The zero-order chi connectivity index (χ0) is 15.2. The molecule has 0 unspecified atom stereocenters. The Morgan fingerprint density at radius 1 is 1.14 bits per heavy atom. The van der Waals surface area contributed by atoms with Crippen molar-refractivity contribution in [2.45, 2.75) is 6.42 Å². The van der Waals surface area contributed by atoms with Gasteiger partial charge in [-0.2, -0.15) is 0 Å². The van der Waals surface area contributed by atoms with Gasteiger partial charge in [0, 0.05) is 6.54 Å². The SMILES string of the molecule is C=CCN(CC(=O)O)C(=O)Cc1ccc2ccccc2c1. The molecule has 0 radical (unpaired) electrons. The molecule has 108 valence electrons. The fraction of sp³-hybridized carbons (Fsp3) is 0.176. The quantitative estimate of drug-likeness (QED) is 0.829. The van der Waals surface area contributed by atoms with E-state index in [4.69, 9.17) is 5.11 Å². The Morgan fingerprint density at radius 3 is 2.52 bits per heavy atom. The van der Waals surface area contributed by atoms with Crippen molar-refractivity contribution in [1.29, 1.82) is 0 Å². The van der Waals surface area contributed by atoms with Crippen LogP contribution in [0.3, 0.4) is 0 Å². The van der Waals surface area contributed by atoms with E-state index in [0.717, 1.165) is 16.3 Å². The molecule has 0 aliphatic rings. The van der Waals surface area contributed by atoms with Crippen LogP contribution in [0.2, 0.25) is 0 Å². The number of hydrogen-bond donors (Lipinski definition) is 1. The number of benzene rings is 2. The van der Waals surface area contributed by atoms with Gasteiger partial charge in [0.15, 0.2) is 0 Å². The number of carboxylic acids is 1. The molecule has 2 aromatic carbocycles. The third-order valence-corrected chi connectivity index (χ3v) is 3.20. The fourth-order valence-corrected chi connectivity index (χ4v) is 2.21. The van der Waals surface area contributed by atoms with E-state index in [2.05, 4.69) is 6.58 Å². The number of aliphatic carboxylic acids is 1. The molecule has 0 saturated heterocycles. The van der Waals surface area contributed by atoms with Gasteiger partial charge in [-0.1, -0.05) is 48.5 Å². The van der Waals surface area contributed by atoms with E-state index in [0.29, 0.717) is 0 Å². The molecule has 2 rings (SSSR count). The van der Waals surface area contributed by atoms with Crippen LogP contribution in [-0.4, -0.2) is 35.0 Å². The topological polar surface area (TPSA) is 57.6 Å². The maximum absolute atomic E-state index is 12.2. The van der Waals surface area contributed by atoms with Crippen molar-refractivity contribution in [2.24, 2.45) is 0 Å². The molecule has 0 aliphatic carbocycles. The first-order valence-electron chi connectivity index (χ1n) is 6.68. The highest BCUT2D eigenvalue weighted by Gasteiger charge is 2.15. The van der Waals surface area contributed by atoms with E-state index in [9.17, 15) is 9.59 Å². The number of carboxylic acid groups (broad SMARTS) is 1. The molecule has 0 heterocycles. The molecule has 0 saturated carbocycles. The molecule has 4 heteroatoms. The number of carbonyl (C=O) groups is 2. The minimum absolute atomic E-state index is 0.186. The largest absolute Gasteiger partial charge is 0.480 e.